The summed E-state index contributed by atoms with van der Waals surface area (Å²) >= 11 is 1.54. The van der Waals surface area contributed by atoms with Crippen molar-refractivity contribution in [2.45, 2.75) is 19.1 Å². The maximum atomic E-state index is 12.1. The molecule has 1 fully saturated rings. The highest BCUT2D eigenvalue weighted by Crippen LogP contribution is 2.27. The first-order valence-corrected chi connectivity index (χ1v) is 9.45. The SMILES string of the molecule is CC(C(=O)NC(=O)NCC(F)(F)F)N1CCN(c2ncnc3sccc23)CC1. The third kappa shape index (κ3) is 4.87. The van der Waals surface area contributed by atoms with Gasteiger partial charge in [-0.2, -0.15) is 13.2 Å². The summed E-state index contributed by atoms with van der Waals surface area (Å²) in [5, 5.41) is 6.50. The number of amides is 3. The number of piperazine rings is 1. The van der Waals surface area contributed by atoms with Crippen LogP contribution in [0.15, 0.2) is 17.8 Å². The molecule has 12 heteroatoms. The first kappa shape index (κ1) is 20.3. The van der Waals surface area contributed by atoms with Crippen LogP contribution in [-0.4, -0.2) is 71.7 Å². The number of alkyl halides is 3. The van der Waals surface area contributed by atoms with Crippen molar-refractivity contribution in [2.24, 2.45) is 0 Å². The number of imide groups is 1. The number of urea groups is 1. The predicted molar refractivity (Wildman–Crippen MR) is 98.3 cm³/mol. The summed E-state index contributed by atoms with van der Waals surface area (Å²) in [5.74, 6) is 0.199. The minimum atomic E-state index is -4.53. The maximum absolute atomic E-state index is 12.1. The number of rotatable bonds is 4. The molecule has 0 radical (unpaired) electrons. The van der Waals surface area contributed by atoms with Gasteiger partial charge in [0.25, 0.3) is 0 Å². The van der Waals surface area contributed by atoms with Crippen molar-refractivity contribution in [1.82, 2.24) is 25.5 Å². The Kier molecular flexibility index (Phi) is 5.98. The van der Waals surface area contributed by atoms with Crippen molar-refractivity contribution in [3.8, 4) is 0 Å². The van der Waals surface area contributed by atoms with Crippen molar-refractivity contribution in [1.29, 1.82) is 0 Å². The molecular formula is C16H19F3N6O2S. The summed E-state index contributed by atoms with van der Waals surface area (Å²) < 4.78 is 36.3. The lowest BCUT2D eigenvalue weighted by molar-refractivity contribution is -0.127. The van der Waals surface area contributed by atoms with E-state index < -0.39 is 30.7 Å². The molecule has 8 nitrogen and oxygen atoms in total. The Hall–Kier alpha value is -2.47. The second-order valence-corrected chi connectivity index (χ2v) is 7.22. The zero-order valence-electron chi connectivity index (χ0n) is 15.0. The van der Waals surface area contributed by atoms with Crippen molar-refractivity contribution in [3.63, 3.8) is 0 Å². The molecule has 28 heavy (non-hydrogen) atoms. The van der Waals surface area contributed by atoms with Crippen LogP contribution in [-0.2, 0) is 4.79 Å². The molecule has 1 unspecified atom stereocenters. The molecule has 1 atom stereocenters. The van der Waals surface area contributed by atoms with Gasteiger partial charge in [-0.25, -0.2) is 14.8 Å². The number of fused-ring (bicyclic) bond motifs is 1. The fraction of sp³-hybridized carbons (Fsp3) is 0.500. The lowest BCUT2D eigenvalue weighted by Gasteiger charge is -2.38. The Morgan fingerprint density at radius 2 is 1.96 bits per heavy atom. The maximum Gasteiger partial charge on any atom is 0.405 e. The van der Waals surface area contributed by atoms with Gasteiger partial charge in [0.05, 0.1) is 11.4 Å². The molecule has 2 aromatic heterocycles. The number of carbonyl (C=O) groups excluding carboxylic acids is 2. The summed E-state index contributed by atoms with van der Waals surface area (Å²) in [4.78, 5) is 37.1. The summed E-state index contributed by atoms with van der Waals surface area (Å²) in [6.07, 6.45) is -3.01. The third-order valence-electron chi connectivity index (χ3n) is 4.47. The molecule has 2 N–H and O–H groups in total. The van der Waals surface area contributed by atoms with Crippen molar-refractivity contribution in [3.05, 3.63) is 17.8 Å². The van der Waals surface area contributed by atoms with E-state index in [0.717, 1.165) is 16.0 Å². The Labute approximate surface area is 162 Å². The standard InChI is InChI=1S/C16H19F3N6O2S/c1-10(13(26)23-15(27)20-8-16(17,18)19)24-3-5-25(6-4-24)12-11-2-7-28-14(11)22-9-21-12/h2,7,9-10H,3-6,8H2,1H3,(H2,20,23,26,27). The van der Waals surface area contributed by atoms with Crippen LogP contribution in [0.4, 0.5) is 23.8 Å². The van der Waals surface area contributed by atoms with Gasteiger partial charge >= 0.3 is 12.2 Å². The number of hydrogen-bond acceptors (Lipinski definition) is 7. The molecule has 152 valence electrons. The number of hydrogen-bond donors (Lipinski definition) is 2. The van der Waals surface area contributed by atoms with Gasteiger partial charge in [0.2, 0.25) is 5.91 Å². The van der Waals surface area contributed by atoms with Crippen LogP contribution in [0.3, 0.4) is 0 Å². The Bertz CT molecular complexity index is 850. The number of anilines is 1. The van der Waals surface area contributed by atoms with E-state index in [1.54, 1.807) is 12.2 Å². The van der Waals surface area contributed by atoms with E-state index in [2.05, 4.69) is 14.9 Å². The summed E-state index contributed by atoms with van der Waals surface area (Å²) in [6.45, 7) is 2.47. The molecule has 0 saturated carbocycles. The summed E-state index contributed by atoms with van der Waals surface area (Å²) in [6, 6.07) is 0.163. The molecule has 0 aromatic carbocycles. The van der Waals surface area contributed by atoms with Gasteiger partial charge in [-0.1, -0.05) is 0 Å². The van der Waals surface area contributed by atoms with E-state index in [-0.39, 0.29) is 0 Å². The first-order chi connectivity index (χ1) is 13.2. The smallest absolute Gasteiger partial charge is 0.353 e. The highest BCUT2D eigenvalue weighted by molar-refractivity contribution is 7.16. The van der Waals surface area contributed by atoms with E-state index in [9.17, 15) is 22.8 Å². The largest absolute Gasteiger partial charge is 0.405 e. The zero-order valence-corrected chi connectivity index (χ0v) is 15.8. The summed E-state index contributed by atoms with van der Waals surface area (Å²) in [5.41, 5.74) is 0. The Morgan fingerprint density at radius 3 is 2.64 bits per heavy atom. The van der Waals surface area contributed by atoms with Gasteiger partial charge in [-0.3, -0.25) is 15.0 Å². The molecule has 3 heterocycles. The van der Waals surface area contributed by atoms with Crippen LogP contribution in [0.2, 0.25) is 0 Å². The van der Waals surface area contributed by atoms with Crippen molar-refractivity contribution >= 4 is 39.3 Å². The van der Waals surface area contributed by atoms with E-state index in [0.29, 0.717) is 26.2 Å². The first-order valence-electron chi connectivity index (χ1n) is 8.57. The van der Waals surface area contributed by atoms with Gasteiger partial charge < -0.3 is 10.2 Å². The van der Waals surface area contributed by atoms with Gasteiger partial charge in [0, 0.05) is 26.2 Å². The molecule has 0 spiro atoms. The lowest BCUT2D eigenvalue weighted by atomic mass is 10.2. The third-order valence-corrected chi connectivity index (χ3v) is 5.29. The molecule has 3 rings (SSSR count). The summed E-state index contributed by atoms with van der Waals surface area (Å²) in [7, 11) is 0. The molecule has 1 aliphatic rings. The van der Waals surface area contributed by atoms with Gasteiger partial charge in [0.1, 0.15) is 23.5 Å². The predicted octanol–water partition coefficient (Wildman–Crippen LogP) is 1.59. The number of nitrogens with one attached hydrogen (secondary N) is 2. The fourth-order valence-electron chi connectivity index (χ4n) is 2.96. The second-order valence-electron chi connectivity index (χ2n) is 6.32. The minimum Gasteiger partial charge on any atom is -0.353 e. The molecule has 2 aromatic rings. The number of halogens is 3. The van der Waals surface area contributed by atoms with E-state index >= 15 is 0 Å². The molecule has 3 amide bonds. The molecule has 0 bridgehead atoms. The molecule has 1 aliphatic heterocycles. The van der Waals surface area contributed by atoms with Gasteiger partial charge in [-0.05, 0) is 18.4 Å². The number of thiophene rings is 1. The van der Waals surface area contributed by atoms with Crippen LogP contribution in [0.1, 0.15) is 6.92 Å². The Balaban J connectivity index is 1.52. The normalized spacial score (nSPS) is 16.8. The zero-order chi connectivity index (χ0) is 20.3. The van der Waals surface area contributed by atoms with Gasteiger partial charge in [-0.15, -0.1) is 11.3 Å². The highest BCUT2D eigenvalue weighted by atomic mass is 32.1. The number of aromatic nitrogens is 2. The van der Waals surface area contributed by atoms with Crippen molar-refractivity contribution in [2.75, 3.05) is 37.6 Å². The van der Waals surface area contributed by atoms with Crippen LogP contribution in [0, 0.1) is 0 Å². The average molecular weight is 416 g/mol. The number of nitrogens with zero attached hydrogens (tertiary/aromatic N) is 4. The van der Waals surface area contributed by atoms with Crippen LogP contribution in [0.25, 0.3) is 10.2 Å². The lowest BCUT2D eigenvalue weighted by Crippen LogP contribution is -2.56. The molecule has 0 aliphatic carbocycles. The van der Waals surface area contributed by atoms with E-state index in [4.69, 9.17) is 0 Å². The Morgan fingerprint density at radius 1 is 1.25 bits per heavy atom. The minimum absolute atomic E-state index is 0.550. The average Bonchev–Trinajstić information content (AvgIpc) is 3.14. The topological polar surface area (TPSA) is 90.5 Å². The molecular weight excluding hydrogens is 397 g/mol. The van der Waals surface area contributed by atoms with Crippen LogP contribution < -0.4 is 15.5 Å². The van der Waals surface area contributed by atoms with E-state index in [1.165, 1.54) is 17.7 Å². The van der Waals surface area contributed by atoms with Crippen LogP contribution >= 0.6 is 11.3 Å². The van der Waals surface area contributed by atoms with Crippen LogP contribution in [0.5, 0.6) is 0 Å². The fourth-order valence-corrected chi connectivity index (χ4v) is 3.68. The molecule has 1 saturated heterocycles. The quantitative estimate of drug-likeness (QED) is 0.787. The second kappa shape index (κ2) is 8.27. The van der Waals surface area contributed by atoms with Gasteiger partial charge in [0.15, 0.2) is 0 Å². The highest BCUT2D eigenvalue weighted by Gasteiger charge is 2.30. The van der Waals surface area contributed by atoms with E-state index in [1.807, 2.05) is 21.7 Å². The number of carbonyl (C=O) groups is 2. The monoisotopic (exact) mass is 416 g/mol. The van der Waals surface area contributed by atoms with Crippen molar-refractivity contribution < 1.29 is 22.8 Å².